The number of halogens is 4. The molecule has 0 aromatic heterocycles. The number of anilines is 2. The third kappa shape index (κ3) is 4.40. The van der Waals surface area contributed by atoms with Crippen molar-refractivity contribution in [1.29, 1.82) is 0 Å². The van der Waals surface area contributed by atoms with E-state index in [0.717, 1.165) is 18.2 Å². The summed E-state index contributed by atoms with van der Waals surface area (Å²) in [4.78, 5) is 23.5. The summed E-state index contributed by atoms with van der Waals surface area (Å²) < 4.78 is 26.8. The van der Waals surface area contributed by atoms with Gasteiger partial charge in [0.25, 0.3) is 0 Å². The summed E-state index contributed by atoms with van der Waals surface area (Å²) in [7, 11) is 0. The van der Waals surface area contributed by atoms with Crippen molar-refractivity contribution >= 4 is 46.4 Å². The maximum absolute atomic E-state index is 13.4. The molecule has 0 unspecified atom stereocenters. The van der Waals surface area contributed by atoms with Crippen LogP contribution in [0.3, 0.4) is 0 Å². The van der Waals surface area contributed by atoms with Crippen LogP contribution in [0.1, 0.15) is 6.42 Å². The Morgan fingerprint density at radius 1 is 0.826 bits per heavy atom. The van der Waals surface area contributed by atoms with Crippen LogP contribution < -0.4 is 10.6 Å². The molecule has 2 aromatic carbocycles. The van der Waals surface area contributed by atoms with Gasteiger partial charge in [-0.3, -0.25) is 9.59 Å². The molecule has 0 spiro atoms. The highest BCUT2D eigenvalue weighted by Crippen LogP contribution is 2.29. The van der Waals surface area contributed by atoms with Gasteiger partial charge in [0.15, 0.2) is 0 Å². The molecule has 120 valence electrons. The minimum atomic E-state index is -0.937. The van der Waals surface area contributed by atoms with E-state index in [1.54, 1.807) is 6.07 Å². The highest BCUT2D eigenvalue weighted by Gasteiger charge is 2.16. The second-order valence-electron chi connectivity index (χ2n) is 4.47. The molecule has 0 aliphatic heterocycles. The lowest BCUT2D eigenvalue weighted by atomic mass is 10.2. The molecule has 23 heavy (non-hydrogen) atoms. The molecule has 2 aromatic rings. The minimum Gasteiger partial charge on any atom is -0.323 e. The number of hydrogen-bond acceptors (Lipinski definition) is 2. The molecule has 0 fully saturated rings. The maximum atomic E-state index is 13.4. The van der Waals surface area contributed by atoms with E-state index in [0.29, 0.717) is 0 Å². The van der Waals surface area contributed by atoms with Crippen molar-refractivity contribution in [1.82, 2.24) is 0 Å². The van der Waals surface area contributed by atoms with E-state index in [1.807, 2.05) is 5.32 Å². The Bertz CT molecular complexity index is 665. The summed E-state index contributed by atoms with van der Waals surface area (Å²) >= 11 is 11.8. The highest BCUT2D eigenvalue weighted by molar-refractivity contribution is 6.39. The van der Waals surface area contributed by atoms with E-state index >= 15 is 0 Å². The van der Waals surface area contributed by atoms with E-state index in [-0.39, 0.29) is 15.7 Å². The summed E-state index contributed by atoms with van der Waals surface area (Å²) in [5, 5.41) is 4.78. The van der Waals surface area contributed by atoms with Crippen molar-refractivity contribution < 1.29 is 18.4 Å². The summed E-state index contributed by atoms with van der Waals surface area (Å²) in [5.41, 5.74) is -0.452. The molecular weight excluding hydrogens is 349 g/mol. The molecule has 0 bridgehead atoms. The van der Waals surface area contributed by atoms with Crippen LogP contribution in [0.25, 0.3) is 0 Å². The van der Waals surface area contributed by atoms with Crippen LogP contribution in [-0.2, 0) is 9.59 Å². The molecule has 0 atom stereocenters. The molecule has 2 amide bonds. The van der Waals surface area contributed by atoms with Crippen molar-refractivity contribution in [2.75, 3.05) is 10.6 Å². The Morgan fingerprint density at radius 3 is 1.78 bits per heavy atom. The highest BCUT2D eigenvalue weighted by atomic mass is 35.5. The third-order valence-corrected chi connectivity index (χ3v) is 3.41. The second-order valence-corrected chi connectivity index (χ2v) is 5.28. The summed E-state index contributed by atoms with van der Waals surface area (Å²) in [6.45, 7) is 0. The van der Waals surface area contributed by atoms with Crippen molar-refractivity contribution in [3.63, 3.8) is 0 Å². The molecule has 0 aliphatic carbocycles. The van der Waals surface area contributed by atoms with Gasteiger partial charge >= 0.3 is 0 Å². The fourth-order valence-electron chi connectivity index (χ4n) is 1.75. The van der Waals surface area contributed by atoms with Crippen LogP contribution in [-0.4, -0.2) is 11.8 Å². The van der Waals surface area contributed by atoms with Gasteiger partial charge in [0, 0.05) is 0 Å². The zero-order valence-electron chi connectivity index (χ0n) is 11.5. The summed E-state index contributed by atoms with van der Waals surface area (Å²) in [6, 6.07) is 7.75. The first kappa shape index (κ1) is 17.2. The zero-order chi connectivity index (χ0) is 17.0. The molecule has 0 aliphatic rings. The Morgan fingerprint density at radius 2 is 1.26 bits per heavy atom. The van der Waals surface area contributed by atoms with Gasteiger partial charge in [0.1, 0.15) is 23.7 Å². The Labute approximate surface area is 140 Å². The van der Waals surface area contributed by atoms with Gasteiger partial charge < -0.3 is 10.6 Å². The fraction of sp³-hybridized carbons (Fsp3) is 0.0667. The van der Waals surface area contributed by atoms with Crippen molar-refractivity contribution in [2.45, 2.75) is 6.42 Å². The van der Waals surface area contributed by atoms with Gasteiger partial charge in [-0.1, -0.05) is 35.3 Å². The van der Waals surface area contributed by atoms with Gasteiger partial charge in [0.2, 0.25) is 11.8 Å². The normalized spacial score (nSPS) is 10.3. The van der Waals surface area contributed by atoms with E-state index in [4.69, 9.17) is 23.2 Å². The number of nitrogens with one attached hydrogen (secondary N) is 2. The van der Waals surface area contributed by atoms with Crippen LogP contribution >= 0.6 is 23.2 Å². The van der Waals surface area contributed by atoms with Crippen LogP contribution in [0, 0.1) is 11.6 Å². The van der Waals surface area contributed by atoms with Crippen molar-refractivity contribution in [3.8, 4) is 0 Å². The molecule has 0 saturated carbocycles. The predicted octanol–water partition coefficient (Wildman–Crippen LogP) is 4.24. The maximum Gasteiger partial charge on any atom is 0.233 e. The van der Waals surface area contributed by atoms with Crippen LogP contribution in [0.2, 0.25) is 10.0 Å². The Balaban J connectivity index is 2.02. The number of carbonyl (C=O) groups excluding carboxylic acids is 2. The topological polar surface area (TPSA) is 58.2 Å². The van der Waals surface area contributed by atoms with Crippen LogP contribution in [0.15, 0.2) is 36.4 Å². The van der Waals surface area contributed by atoms with Crippen molar-refractivity contribution in [3.05, 3.63) is 58.1 Å². The van der Waals surface area contributed by atoms with E-state index in [2.05, 4.69) is 5.32 Å². The first-order valence-electron chi connectivity index (χ1n) is 6.36. The van der Waals surface area contributed by atoms with Crippen LogP contribution in [0.5, 0.6) is 0 Å². The average Bonchev–Trinajstić information content (AvgIpc) is 2.47. The van der Waals surface area contributed by atoms with E-state index < -0.39 is 35.6 Å². The molecular formula is C15H10Cl2F2N2O2. The molecule has 0 saturated heterocycles. The van der Waals surface area contributed by atoms with Crippen molar-refractivity contribution in [2.24, 2.45) is 0 Å². The molecule has 0 radical (unpaired) electrons. The first-order valence-corrected chi connectivity index (χ1v) is 7.12. The summed E-state index contributed by atoms with van der Waals surface area (Å²) in [6.07, 6.45) is -0.657. The lowest BCUT2D eigenvalue weighted by molar-refractivity contribution is -0.123. The number of carbonyl (C=O) groups is 2. The van der Waals surface area contributed by atoms with E-state index in [9.17, 15) is 18.4 Å². The predicted molar refractivity (Wildman–Crippen MR) is 84.7 cm³/mol. The van der Waals surface area contributed by atoms with Gasteiger partial charge in [-0.2, -0.15) is 0 Å². The molecule has 8 heteroatoms. The largest absolute Gasteiger partial charge is 0.323 e. The standard InChI is InChI=1S/C15H10Cl2F2N2O2/c16-8-3-1-4-9(17)14(8)20-12(22)7-13(23)21-15-10(18)5-2-6-11(15)19/h1-6H,7H2,(H,20,22)(H,21,23). The zero-order valence-corrected chi connectivity index (χ0v) is 13.0. The fourth-order valence-corrected chi connectivity index (χ4v) is 2.24. The number of rotatable bonds is 4. The molecule has 0 heterocycles. The number of hydrogen-bond donors (Lipinski definition) is 2. The van der Waals surface area contributed by atoms with Crippen LogP contribution in [0.4, 0.5) is 20.2 Å². The van der Waals surface area contributed by atoms with Gasteiger partial charge in [-0.05, 0) is 24.3 Å². The lowest BCUT2D eigenvalue weighted by Crippen LogP contribution is -2.22. The first-order chi connectivity index (χ1) is 10.9. The average molecular weight is 359 g/mol. The Hall–Kier alpha value is -2.18. The number of amides is 2. The van der Waals surface area contributed by atoms with Gasteiger partial charge in [-0.25, -0.2) is 8.78 Å². The second kappa shape index (κ2) is 7.39. The number of benzene rings is 2. The van der Waals surface area contributed by atoms with E-state index in [1.165, 1.54) is 12.1 Å². The third-order valence-electron chi connectivity index (χ3n) is 2.78. The SMILES string of the molecule is O=C(CC(=O)Nc1c(Cl)cccc1Cl)Nc1c(F)cccc1F. The van der Waals surface area contributed by atoms with Gasteiger partial charge in [-0.15, -0.1) is 0 Å². The monoisotopic (exact) mass is 358 g/mol. The van der Waals surface area contributed by atoms with Gasteiger partial charge in [0.05, 0.1) is 15.7 Å². The Kier molecular flexibility index (Phi) is 5.52. The smallest absolute Gasteiger partial charge is 0.233 e. The molecule has 4 nitrogen and oxygen atoms in total. The molecule has 2 N–H and O–H groups in total. The molecule has 2 rings (SSSR count). The quantitative estimate of drug-likeness (QED) is 0.803. The minimum absolute atomic E-state index is 0.158. The summed E-state index contributed by atoms with van der Waals surface area (Å²) in [5.74, 6) is -3.48. The lowest BCUT2D eigenvalue weighted by Gasteiger charge is -2.10. The number of para-hydroxylation sites is 2.